The molecule has 0 saturated heterocycles. The van der Waals surface area contributed by atoms with Crippen molar-refractivity contribution in [1.29, 1.82) is 0 Å². The van der Waals surface area contributed by atoms with Crippen LogP contribution in [-0.2, 0) is 0 Å². The van der Waals surface area contributed by atoms with Crippen molar-refractivity contribution < 1.29 is 14.6 Å². The smallest absolute Gasteiger partial charge is 0.129 e. The van der Waals surface area contributed by atoms with Crippen LogP contribution in [0.4, 0.5) is 4.39 Å². The van der Waals surface area contributed by atoms with E-state index in [2.05, 4.69) is 5.32 Å². The molecule has 0 saturated carbocycles. The van der Waals surface area contributed by atoms with E-state index < -0.39 is 11.9 Å². The molecule has 2 unspecified atom stereocenters. The second-order valence-corrected chi connectivity index (χ2v) is 4.48. The molecule has 0 aromatic heterocycles. The van der Waals surface area contributed by atoms with Gasteiger partial charge in [0.2, 0.25) is 0 Å². The van der Waals surface area contributed by atoms with Crippen LogP contribution in [0.25, 0.3) is 0 Å². The average molecular weight is 241 g/mol. The number of halogens is 1. The van der Waals surface area contributed by atoms with E-state index in [-0.39, 0.29) is 30.7 Å². The van der Waals surface area contributed by atoms with Gasteiger partial charge in [0, 0.05) is 18.2 Å². The van der Waals surface area contributed by atoms with Crippen LogP contribution in [0.3, 0.4) is 0 Å². The van der Waals surface area contributed by atoms with E-state index in [4.69, 9.17) is 5.11 Å². The molecule has 0 aliphatic heterocycles. The number of hydrogen-bond acceptors (Lipinski definition) is 3. The molecular weight excluding hydrogens is 221 g/mol. The lowest BCUT2D eigenvalue weighted by molar-refractivity contribution is 0.145. The number of benzene rings is 1. The van der Waals surface area contributed by atoms with Crippen LogP contribution in [0.2, 0.25) is 0 Å². The van der Waals surface area contributed by atoms with Gasteiger partial charge >= 0.3 is 0 Å². The van der Waals surface area contributed by atoms with Gasteiger partial charge in [0.05, 0.1) is 12.7 Å². The molecule has 96 valence electrons. The largest absolute Gasteiger partial charge is 0.395 e. The first-order valence-electron chi connectivity index (χ1n) is 5.83. The van der Waals surface area contributed by atoms with Crippen molar-refractivity contribution in [3.63, 3.8) is 0 Å². The van der Waals surface area contributed by atoms with Gasteiger partial charge in [0.25, 0.3) is 0 Å². The summed E-state index contributed by atoms with van der Waals surface area (Å²) in [6.45, 7) is 4.18. The molecule has 0 radical (unpaired) electrons. The fourth-order valence-electron chi connectivity index (χ4n) is 1.63. The van der Waals surface area contributed by atoms with E-state index in [1.54, 1.807) is 18.2 Å². The Kier molecular flexibility index (Phi) is 5.55. The van der Waals surface area contributed by atoms with Crippen LogP contribution >= 0.6 is 0 Å². The Morgan fingerprint density at radius 2 is 1.94 bits per heavy atom. The molecule has 0 spiro atoms. The SMILES string of the molecule is CC(C)C(CO)NCC(O)c1ccccc1F. The summed E-state index contributed by atoms with van der Waals surface area (Å²) in [5.74, 6) is -0.153. The summed E-state index contributed by atoms with van der Waals surface area (Å²) < 4.78 is 13.4. The van der Waals surface area contributed by atoms with Crippen LogP contribution in [0.1, 0.15) is 25.5 Å². The Morgan fingerprint density at radius 3 is 2.47 bits per heavy atom. The summed E-state index contributed by atoms with van der Waals surface area (Å²) in [6, 6.07) is 6.07. The topological polar surface area (TPSA) is 52.5 Å². The maximum absolute atomic E-state index is 13.4. The predicted octanol–water partition coefficient (Wildman–Crippen LogP) is 1.47. The minimum Gasteiger partial charge on any atom is -0.395 e. The molecule has 17 heavy (non-hydrogen) atoms. The maximum Gasteiger partial charge on any atom is 0.129 e. The van der Waals surface area contributed by atoms with Crippen LogP contribution in [0.15, 0.2) is 24.3 Å². The zero-order valence-electron chi connectivity index (χ0n) is 10.2. The lowest BCUT2D eigenvalue weighted by atomic mass is 10.0. The van der Waals surface area contributed by atoms with Crippen LogP contribution < -0.4 is 5.32 Å². The van der Waals surface area contributed by atoms with E-state index in [9.17, 15) is 9.50 Å². The molecule has 3 nitrogen and oxygen atoms in total. The van der Waals surface area contributed by atoms with E-state index in [1.807, 2.05) is 13.8 Å². The molecule has 3 N–H and O–H groups in total. The Bertz CT molecular complexity index is 344. The standard InChI is InChI=1S/C13H20FNO2/c1-9(2)12(8-16)15-7-13(17)10-5-3-4-6-11(10)14/h3-6,9,12-13,15-17H,7-8H2,1-2H3. The Morgan fingerprint density at radius 1 is 1.29 bits per heavy atom. The van der Waals surface area contributed by atoms with Gasteiger partial charge in [-0.2, -0.15) is 0 Å². The summed E-state index contributed by atoms with van der Waals surface area (Å²) in [7, 11) is 0. The fourth-order valence-corrected chi connectivity index (χ4v) is 1.63. The lowest BCUT2D eigenvalue weighted by Crippen LogP contribution is -2.39. The quantitative estimate of drug-likeness (QED) is 0.707. The summed E-state index contributed by atoms with van der Waals surface area (Å²) in [5.41, 5.74) is 0.278. The highest BCUT2D eigenvalue weighted by atomic mass is 19.1. The highest BCUT2D eigenvalue weighted by Gasteiger charge is 2.16. The number of aliphatic hydroxyl groups is 2. The lowest BCUT2D eigenvalue weighted by Gasteiger charge is -2.22. The zero-order valence-corrected chi connectivity index (χ0v) is 10.2. The van der Waals surface area contributed by atoms with E-state index >= 15 is 0 Å². The predicted molar refractivity (Wildman–Crippen MR) is 65.1 cm³/mol. The van der Waals surface area contributed by atoms with Gasteiger partial charge < -0.3 is 15.5 Å². The van der Waals surface area contributed by atoms with Gasteiger partial charge in [-0.15, -0.1) is 0 Å². The molecule has 2 atom stereocenters. The van der Waals surface area contributed by atoms with E-state index in [0.717, 1.165) is 0 Å². The minimum absolute atomic E-state index is 0.00165. The molecule has 0 amide bonds. The normalized spacial score (nSPS) is 14.9. The third-order valence-electron chi connectivity index (χ3n) is 2.84. The molecule has 0 bridgehead atoms. The number of hydrogen-bond donors (Lipinski definition) is 3. The molecular formula is C13H20FNO2. The number of nitrogens with one attached hydrogen (secondary N) is 1. The first kappa shape index (κ1) is 14.1. The van der Waals surface area contributed by atoms with Crippen molar-refractivity contribution >= 4 is 0 Å². The zero-order chi connectivity index (χ0) is 12.8. The van der Waals surface area contributed by atoms with E-state index in [0.29, 0.717) is 0 Å². The highest BCUT2D eigenvalue weighted by molar-refractivity contribution is 5.19. The highest BCUT2D eigenvalue weighted by Crippen LogP contribution is 2.16. The molecule has 0 heterocycles. The van der Waals surface area contributed by atoms with Gasteiger partial charge in [0.1, 0.15) is 5.82 Å². The summed E-state index contributed by atoms with van der Waals surface area (Å²) in [5, 5.41) is 22.0. The second-order valence-electron chi connectivity index (χ2n) is 4.48. The fraction of sp³-hybridized carbons (Fsp3) is 0.538. The van der Waals surface area contributed by atoms with Crippen molar-refractivity contribution in [1.82, 2.24) is 5.32 Å². The van der Waals surface area contributed by atoms with Gasteiger partial charge in [-0.05, 0) is 12.0 Å². The van der Waals surface area contributed by atoms with Gasteiger partial charge in [0.15, 0.2) is 0 Å². The number of rotatable bonds is 6. The van der Waals surface area contributed by atoms with Crippen molar-refractivity contribution in [2.24, 2.45) is 5.92 Å². The van der Waals surface area contributed by atoms with Crippen LogP contribution in [0, 0.1) is 11.7 Å². The molecule has 0 aliphatic rings. The molecule has 1 aromatic carbocycles. The van der Waals surface area contributed by atoms with Gasteiger partial charge in [-0.25, -0.2) is 4.39 Å². The van der Waals surface area contributed by atoms with Crippen molar-refractivity contribution in [3.05, 3.63) is 35.6 Å². The minimum atomic E-state index is -0.899. The Balaban J connectivity index is 2.55. The average Bonchev–Trinajstić information content (AvgIpc) is 2.29. The van der Waals surface area contributed by atoms with Gasteiger partial charge in [-0.3, -0.25) is 0 Å². The van der Waals surface area contributed by atoms with Crippen LogP contribution in [0.5, 0.6) is 0 Å². The van der Waals surface area contributed by atoms with Crippen molar-refractivity contribution in [3.8, 4) is 0 Å². The van der Waals surface area contributed by atoms with E-state index in [1.165, 1.54) is 6.07 Å². The van der Waals surface area contributed by atoms with Crippen LogP contribution in [-0.4, -0.2) is 29.4 Å². The molecule has 0 aliphatic carbocycles. The molecule has 0 fully saturated rings. The molecule has 1 rings (SSSR count). The summed E-state index contributed by atoms with van der Waals surface area (Å²) in [6.07, 6.45) is -0.899. The molecule has 4 heteroatoms. The first-order chi connectivity index (χ1) is 8.06. The maximum atomic E-state index is 13.4. The van der Waals surface area contributed by atoms with Crippen molar-refractivity contribution in [2.45, 2.75) is 26.0 Å². The third kappa shape index (κ3) is 4.07. The summed E-state index contributed by atoms with van der Waals surface area (Å²) in [4.78, 5) is 0. The Hall–Kier alpha value is -0.970. The Labute approximate surface area is 101 Å². The monoisotopic (exact) mass is 241 g/mol. The van der Waals surface area contributed by atoms with Crippen molar-refractivity contribution in [2.75, 3.05) is 13.2 Å². The third-order valence-corrected chi connectivity index (χ3v) is 2.84. The summed E-state index contributed by atoms with van der Waals surface area (Å²) >= 11 is 0. The first-order valence-corrected chi connectivity index (χ1v) is 5.83. The second kappa shape index (κ2) is 6.69. The van der Waals surface area contributed by atoms with Gasteiger partial charge in [-0.1, -0.05) is 32.0 Å². The number of aliphatic hydroxyl groups excluding tert-OH is 2. The molecule has 1 aromatic rings.